The molecule has 4 heteroatoms. The van der Waals surface area contributed by atoms with E-state index < -0.39 is 12.0 Å². The first-order valence-electron chi connectivity index (χ1n) is 4.24. The molecule has 1 rings (SSSR count). The highest BCUT2D eigenvalue weighted by Crippen LogP contribution is 2.20. The Morgan fingerprint density at radius 3 is 2.79 bits per heavy atom. The van der Waals surface area contributed by atoms with Gasteiger partial charge in [0.15, 0.2) is 0 Å². The summed E-state index contributed by atoms with van der Waals surface area (Å²) in [6, 6.07) is 4.55. The van der Waals surface area contributed by atoms with E-state index in [0.29, 0.717) is 5.02 Å². The molecule has 0 amide bonds. The molecule has 0 aliphatic rings. The number of halogens is 1. The van der Waals surface area contributed by atoms with Gasteiger partial charge in [-0.1, -0.05) is 23.7 Å². The third kappa shape index (κ3) is 2.47. The standard InChI is InChI=1S/C10H12ClNO2/c1-6-3-2-4-8(11)7(6)5-9(12)10(13)14/h2-4,9H,5,12H2,1H3,(H,13,14)/t9-/m1/s1. The molecule has 3 nitrogen and oxygen atoms in total. The van der Waals surface area contributed by atoms with E-state index in [1.54, 1.807) is 6.07 Å². The minimum absolute atomic E-state index is 0.265. The molecular formula is C10H12ClNO2. The summed E-state index contributed by atoms with van der Waals surface area (Å²) >= 11 is 5.93. The maximum Gasteiger partial charge on any atom is 0.320 e. The zero-order valence-corrected chi connectivity index (χ0v) is 8.58. The van der Waals surface area contributed by atoms with E-state index in [-0.39, 0.29) is 6.42 Å². The summed E-state index contributed by atoms with van der Waals surface area (Å²) in [6.07, 6.45) is 0.265. The molecule has 1 atom stereocenters. The average Bonchev–Trinajstić information content (AvgIpc) is 2.11. The summed E-state index contributed by atoms with van der Waals surface area (Å²) in [4.78, 5) is 10.6. The van der Waals surface area contributed by atoms with Crippen molar-refractivity contribution in [1.82, 2.24) is 0 Å². The number of aryl methyl sites for hydroxylation is 1. The molecule has 0 saturated heterocycles. The Morgan fingerprint density at radius 2 is 2.29 bits per heavy atom. The van der Waals surface area contributed by atoms with Crippen LogP contribution in [-0.2, 0) is 11.2 Å². The molecule has 0 fully saturated rings. The van der Waals surface area contributed by atoms with Gasteiger partial charge in [0.05, 0.1) is 0 Å². The molecule has 0 unspecified atom stereocenters. The fourth-order valence-electron chi connectivity index (χ4n) is 1.23. The number of carboxylic acids is 1. The van der Waals surface area contributed by atoms with E-state index in [1.807, 2.05) is 19.1 Å². The molecule has 0 aliphatic heterocycles. The Kier molecular flexibility index (Phi) is 3.49. The maximum atomic E-state index is 10.6. The van der Waals surface area contributed by atoms with Crippen molar-refractivity contribution in [2.75, 3.05) is 0 Å². The zero-order chi connectivity index (χ0) is 10.7. The summed E-state index contributed by atoms with van der Waals surface area (Å²) < 4.78 is 0. The second-order valence-corrected chi connectivity index (χ2v) is 3.59. The van der Waals surface area contributed by atoms with Crippen LogP contribution in [-0.4, -0.2) is 17.1 Å². The second-order valence-electron chi connectivity index (χ2n) is 3.18. The van der Waals surface area contributed by atoms with Crippen LogP contribution in [0.4, 0.5) is 0 Å². The van der Waals surface area contributed by atoms with Crippen LogP contribution in [0.3, 0.4) is 0 Å². The number of carbonyl (C=O) groups is 1. The number of carboxylic acid groups (broad SMARTS) is 1. The fourth-order valence-corrected chi connectivity index (χ4v) is 1.53. The molecule has 0 bridgehead atoms. The van der Waals surface area contributed by atoms with Crippen molar-refractivity contribution in [3.05, 3.63) is 34.3 Å². The van der Waals surface area contributed by atoms with E-state index in [4.69, 9.17) is 22.4 Å². The van der Waals surface area contributed by atoms with Crippen molar-refractivity contribution < 1.29 is 9.90 Å². The summed E-state index contributed by atoms with van der Waals surface area (Å²) in [5.41, 5.74) is 7.20. The van der Waals surface area contributed by atoms with E-state index in [2.05, 4.69) is 0 Å². The van der Waals surface area contributed by atoms with E-state index in [0.717, 1.165) is 11.1 Å². The fraction of sp³-hybridized carbons (Fsp3) is 0.300. The zero-order valence-electron chi connectivity index (χ0n) is 7.83. The summed E-state index contributed by atoms with van der Waals surface area (Å²) in [5.74, 6) is -1.01. The number of hydrogen-bond acceptors (Lipinski definition) is 2. The summed E-state index contributed by atoms with van der Waals surface area (Å²) in [7, 11) is 0. The molecule has 76 valence electrons. The molecule has 0 radical (unpaired) electrons. The Labute approximate surface area is 87.5 Å². The molecule has 0 aromatic heterocycles. The minimum Gasteiger partial charge on any atom is -0.480 e. The van der Waals surface area contributed by atoms with Gasteiger partial charge in [-0.3, -0.25) is 4.79 Å². The normalized spacial score (nSPS) is 12.5. The number of benzene rings is 1. The van der Waals surface area contributed by atoms with Crippen LogP contribution in [0.15, 0.2) is 18.2 Å². The number of rotatable bonds is 3. The van der Waals surface area contributed by atoms with Crippen LogP contribution in [0.5, 0.6) is 0 Å². The van der Waals surface area contributed by atoms with Crippen molar-refractivity contribution in [3.63, 3.8) is 0 Å². The molecular weight excluding hydrogens is 202 g/mol. The van der Waals surface area contributed by atoms with Gasteiger partial charge in [-0.05, 0) is 30.5 Å². The average molecular weight is 214 g/mol. The highest BCUT2D eigenvalue weighted by Gasteiger charge is 2.15. The first-order valence-corrected chi connectivity index (χ1v) is 4.62. The van der Waals surface area contributed by atoms with Crippen molar-refractivity contribution in [3.8, 4) is 0 Å². The molecule has 0 aliphatic carbocycles. The lowest BCUT2D eigenvalue weighted by molar-refractivity contribution is -0.138. The lowest BCUT2D eigenvalue weighted by atomic mass is 10.0. The number of nitrogens with two attached hydrogens (primary N) is 1. The number of aliphatic carboxylic acids is 1. The Balaban J connectivity index is 2.91. The van der Waals surface area contributed by atoms with E-state index >= 15 is 0 Å². The van der Waals surface area contributed by atoms with Gasteiger partial charge >= 0.3 is 5.97 Å². The van der Waals surface area contributed by atoms with E-state index in [9.17, 15) is 4.79 Å². The topological polar surface area (TPSA) is 63.3 Å². The predicted molar refractivity (Wildman–Crippen MR) is 55.5 cm³/mol. The van der Waals surface area contributed by atoms with Crippen LogP contribution in [0.25, 0.3) is 0 Å². The van der Waals surface area contributed by atoms with Gasteiger partial charge in [0, 0.05) is 5.02 Å². The van der Waals surface area contributed by atoms with Crippen molar-refractivity contribution >= 4 is 17.6 Å². The quantitative estimate of drug-likeness (QED) is 0.802. The lowest BCUT2D eigenvalue weighted by Crippen LogP contribution is -2.32. The minimum atomic E-state index is -1.01. The molecule has 1 aromatic carbocycles. The molecule has 1 aromatic rings. The van der Waals surface area contributed by atoms with Gasteiger partial charge in [0.25, 0.3) is 0 Å². The van der Waals surface area contributed by atoms with Crippen LogP contribution in [0.2, 0.25) is 5.02 Å². The van der Waals surface area contributed by atoms with Gasteiger partial charge in [-0.2, -0.15) is 0 Å². The molecule has 0 heterocycles. The predicted octanol–water partition coefficient (Wildman–Crippen LogP) is 1.60. The molecule has 0 saturated carbocycles. The Bertz CT molecular complexity index is 332. The van der Waals surface area contributed by atoms with Crippen molar-refractivity contribution in [2.24, 2.45) is 5.73 Å². The highest BCUT2D eigenvalue weighted by molar-refractivity contribution is 6.31. The van der Waals surface area contributed by atoms with Gasteiger partial charge in [0.1, 0.15) is 6.04 Å². The van der Waals surface area contributed by atoms with Crippen LogP contribution < -0.4 is 5.73 Å². The van der Waals surface area contributed by atoms with Crippen LogP contribution in [0.1, 0.15) is 11.1 Å². The van der Waals surface area contributed by atoms with Crippen molar-refractivity contribution in [2.45, 2.75) is 19.4 Å². The largest absolute Gasteiger partial charge is 0.480 e. The monoisotopic (exact) mass is 213 g/mol. The van der Waals surface area contributed by atoms with Crippen LogP contribution >= 0.6 is 11.6 Å². The van der Waals surface area contributed by atoms with Crippen LogP contribution in [0, 0.1) is 6.92 Å². The Morgan fingerprint density at radius 1 is 1.64 bits per heavy atom. The molecule has 14 heavy (non-hydrogen) atoms. The third-order valence-corrected chi connectivity index (χ3v) is 2.45. The maximum absolute atomic E-state index is 10.6. The highest BCUT2D eigenvalue weighted by atomic mass is 35.5. The first kappa shape index (κ1) is 11.0. The summed E-state index contributed by atoms with van der Waals surface area (Å²) in [6.45, 7) is 1.88. The second kappa shape index (κ2) is 4.44. The SMILES string of the molecule is Cc1cccc(Cl)c1C[C@@H](N)C(=O)O. The van der Waals surface area contributed by atoms with Gasteiger partial charge in [-0.25, -0.2) is 0 Å². The lowest BCUT2D eigenvalue weighted by Gasteiger charge is -2.10. The van der Waals surface area contributed by atoms with Crippen molar-refractivity contribution in [1.29, 1.82) is 0 Å². The summed E-state index contributed by atoms with van der Waals surface area (Å²) in [5, 5.41) is 9.23. The first-order chi connectivity index (χ1) is 6.52. The van der Waals surface area contributed by atoms with E-state index in [1.165, 1.54) is 0 Å². The van der Waals surface area contributed by atoms with Gasteiger partial charge in [-0.15, -0.1) is 0 Å². The smallest absolute Gasteiger partial charge is 0.320 e. The number of hydrogen-bond donors (Lipinski definition) is 2. The Hall–Kier alpha value is -1.06. The third-order valence-electron chi connectivity index (χ3n) is 2.09. The molecule has 3 N–H and O–H groups in total. The van der Waals surface area contributed by atoms with Gasteiger partial charge < -0.3 is 10.8 Å². The molecule has 0 spiro atoms. The van der Waals surface area contributed by atoms with Gasteiger partial charge in [0.2, 0.25) is 0 Å².